The van der Waals surface area contributed by atoms with Crippen molar-refractivity contribution in [2.75, 3.05) is 0 Å². The summed E-state index contributed by atoms with van der Waals surface area (Å²) in [6.45, 7) is 1.75. The lowest BCUT2D eigenvalue weighted by Gasteiger charge is -2.12. The Labute approximate surface area is 204 Å². The van der Waals surface area contributed by atoms with Gasteiger partial charge in [-0.25, -0.2) is 9.78 Å². The molecule has 0 radical (unpaired) electrons. The van der Waals surface area contributed by atoms with E-state index in [9.17, 15) is 15.2 Å². The third kappa shape index (κ3) is 4.76. The van der Waals surface area contributed by atoms with Gasteiger partial charge in [0.15, 0.2) is 17.1 Å². The monoisotopic (exact) mass is 479 g/mol. The van der Waals surface area contributed by atoms with Crippen LogP contribution in [-0.2, 0) is 0 Å². The van der Waals surface area contributed by atoms with Crippen LogP contribution in [0.15, 0.2) is 72.8 Å². The largest absolute Gasteiger partial charge is 0.478 e. The second-order valence-corrected chi connectivity index (χ2v) is 7.56. The molecule has 5 rings (SSSR count). The van der Waals surface area contributed by atoms with Gasteiger partial charge in [0, 0.05) is 6.07 Å². The van der Waals surface area contributed by atoms with Gasteiger partial charge in [0.2, 0.25) is 0 Å². The average Bonchev–Trinajstić information content (AvgIpc) is 3.26. The van der Waals surface area contributed by atoms with Crippen LogP contribution < -0.4 is 14.2 Å². The minimum atomic E-state index is -1.09. The molecule has 0 unspecified atom stereocenters. The summed E-state index contributed by atoms with van der Waals surface area (Å²) >= 11 is 0. The smallest absolute Gasteiger partial charge is 0.335 e. The lowest BCUT2D eigenvalue weighted by atomic mass is 10.2. The van der Waals surface area contributed by atoms with Crippen LogP contribution in [-0.4, -0.2) is 31.0 Å². The minimum absolute atomic E-state index is 0.0612. The summed E-state index contributed by atoms with van der Waals surface area (Å²) in [6.07, 6.45) is 0. The summed E-state index contributed by atoms with van der Waals surface area (Å²) in [6, 6.07) is 21.8. The zero-order valence-electron chi connectivity index (χ0n) is 18.8. The number of carboxylic acids is 1. The number of carbonyl (C=O) groups is 1. The topological polar surface area (TPSA) is 143 Å². The molecule has 2 aromatic heterocycles. The number of nitrogens with one attached hydrogen (secondary N) is 1. The fourth-order valence-electron chi connectivity index (χ4n) is 3.35. The van der Waals surface area contributed by atoms with Crippen LogP contribution in [0.25, 0.3) is 11.2 Å². The molecule has 2 heterocycles. The predicted octanol–water partition coefficient (Wildman–Crippen LogP) is 5.61. The lowest BCUT2D eigenvalue weighted by Crippen LogP contribution is -1.99. The molecular formula is C26H17N5O5. The maximum absolute atomic E-state index is 11.3. The summed E-state index contributed by atoms with van der Waals surface area (Å²) in [5, 5.41) is 18.6. The zero-order valence-corrected chi connectivity index (χ0v) is 18.8. The number of para-hydroxylation sites is 1. The normalized spacial score (nSPS) is 10.6. The molecule has 5 aromatic rings. The van der Waals surface area contributed by atoms with E-state index >= 15 is 0 Å². The van der Waals surface area contributed by atoms with E-state index in [1.165, 1.54) is 18.2 Å². The molecule has 0 aliphatic carbocycles. The Morgan fingerprint density at radius 3 is 2.47 bits per heavy atom. The van der Waals surface area contributed by atoms with E-state index in [0.29, 0.717) is 28.4 Å². The van der Waals surface area contributed by atoms with Crippen molar-refractivity contribution in [1.29, 1.82) is 5.26 Å². The molecule has 0 saturated carbocycles. The van der Waals surface area contributed by atoms with Gasteiger partial charge in [0.25, 0.3) is 5.88 Å². The van der Waals surface area contributed by atoms with Crippen molar-refractivity contribution in [3.05, 3.63) is 89.7 Å². The van der Waals surface area contributed by atoms with E-state index in [1.807, 2.05) is 18.2 Å². The number of hydrogen-bond acceptors (Lipinski definition) is 8. The van der Waals surface area contributed by atoms with Gasteiger partial charge in [0.1, 0.15) is 22.8 Å². The number of H-pyrrole nitrogens is 1. The van der Waals surface area contributed by atoms with Gasteiger partial charge in [-0.2, -0.15) is 15.2 Å². The van der Waals surface area contributed by atoms with Gasteiger partial charge in [-0.3, -0.25) is 0 Å². The van der Waals surface area contributed by atoms with Crippen LogP contribution in [0, 0.1) is 18.3 Å². The minimum Gasteiger partial charge on any atom is -0.478 e. The molecule has 0 aliphatic rings. The van der Waals surface area contributed by atoms with Crippen molar-refractivity contribution < 1.29 is 24.1 Å². The van der Waals surface area contributed by atoms with Gasteiger partial charge in [-0.1, -0.05) is 24.3 Å². The molecule has 10 heteroatoms. The number of rotatable bonds is 7. The molecule has 0 spiro atoms. The van der Waals surface area contributed by atoms with Gasteiger partial charge in [-0.05, 0) is 49.4 Å². The molecule has 0 aliphatic heterocycles. The number of aromatic amines is 1. The van der Waals surface area contributed by atoms with Crippen LogP contribution in [0.2, 0.25) is 0 Å². The molecule has 2 N–H and O–H groups in total. The Morgan fingerprint density at radius 1 is 0.889 bits per heavy atom. The number of fused-ring (bicyclic) bond motifs is 1. The molecule has 3 aromatic carbocycles. The Kier molecular flexibility index (Phi) is 5.86. The number of aromatic carboxylic acids is 1. The third-order valence-electron chi connectivity index (χ3n) is 4.96. The summed E-state index contributed by atoms with van der Waals surface area (Å²) in [5.41, 5.74) is 1.10. The van der Waals surface area contributed by atoms with Crippen LogP contribution in [0.5, 0.6) is 34.9 Å². The Balaban J connectivity index is 1.54. The number of benzene rings is 3. The number of ether oxygens (including phenoxy) is 3. The summed E-state index contributed by atoms with van der Waals surface area (Å²) in [7, 11) is 0. The first-order chi connectivity index (χ1) is 17.5. The molecule has 36 heavy (non-hydrogen) atoms. The molecule has 0 amide bonds. The summed E-state index contributed by atoms with van der Waals surface area (Å²) in [4.78, 5) is 27.4. The molecule has 0 bridgehead atoms. The van der Waals surface area contributed by atoms with Gasteiger partial charge < -0.3 is 24.3 Å². The van der Waals surface area contributed by atoms with Crippen molar-refractivity contribution in [3.63, 3.8) is 0 Å². The quantitative estimate of drug-likeness (QED) is 0.304. The third-order valence-corrected chi connectivity index (χ3v) is 4.96. The van der Waals surface area contributed by atoms with E-state index in [-0.39, 0.29) is 34.6 Å². The predicted molar refractivity (Wildman–Crippen MR) is 128 cm³/mol. The standard InChI is InChI=1S/C26H17N5O5/c1-15-28-22-23(29-15)30-26(31-24(22)35-19-9-5-6-17(13-19)25(32)33)36-21-12-16(14-27)10-11-20(21)34-18-7-3-2-4-8-18/h2-13H,1H3,(H,32,33)(H,28,29,30,31). The highest BCUT2D eigenvalue weighted by atomic mass is 16.5. The van der Waals surface area contributed by atoms with Gasteiger partial charge in [-0.15, -0.1) is 0 Å². The zero-order chi connectivity index (χ0) is 25.1. The lowest BCUT2D eigenvalue weighted by molar-refractivity contribution is 0.0696. The van der Waals surface area contributed by atoms with Crippen molar-refractivity contribution in [2.24, 2.45) is 0 Å². The highest BCUT2D eigenvalue weighted by Crippen LogP contribution is 2.36. The first-order valence-electron chi connectivity index (χ1n) is 10.7. The van der Waals surface area contributed by atoms with Crippen molar-refractivity contribution in [2.45, 2.75) is 6.92 Å². The van der Waals surface area contributed by atoms with Crippen LogP contribution in [0.3, 0.4) is 0 Å². The summed E-state index contributed by atoms with van der Waals surface area (Å²) < 4.78 is 17.8. The Hall–Kier alpha value is -5.43. The second-order valence-electron chi connectivity index (χ2n) is 7.56. The van der Waals surface area contributed by atoms with Crippen molar-refractivity contribution >= 4 is 17.1 Å². The number of aryl methyl sites for hydroxylation is 1. The SMILES string of the molecule is Cc1nc2nc(Oc3cc(C#N)ccc3Oc3ccccc3)nc(Oc3cccc(C(=O)O)c3)c2[nH]1. The molecule has 10 nitrogen and oxygen atoms in total. The van der Waals surface area contributed by atoms with Gasteiger partial charge in [0.05, 0.1) is 17.2 Å². The number of nitrogens with zero attached hydrogens (tertiary/aromatic N) is 4. The van der Waals surface area contributed by atoms with Crippen LogP contribution in [0.4, 0.5) is 0 Å². The first kappa shape index (κ1) is 22.4. The highest BCUT2D eigenvalue weighted by Gasteiger charge is 2.18. The second kappa shape index (κ2) is 9.44. The fourth-order valence-corrected chi connectivity index (χ4v) is 3.35. The molecule has 0 fully saturated rings. The number of aromatic nitrogens is 4. The van der Waals surface area contributed by atoms with E-state index in [0.717, 1.165) is 0 Å². The number of nitriles is 1. The Morgan fingerprint density at radius 2 is 1.69 bits per heavy atom. The van der Waals surface area contributed by atoms with E-state index in [1.54, 1.807) is 43.3 Å². The number of imidazole rings is 1. The maximum Gasteiger partial charge on any atom is 0.335 e. The van der Waals surface area contributed by atoms with E-state index in [4.69, 9.17) is 14.2 Å². The van der Waals surface area contributed by atoms with Crippen molar-refractivity contribution in [3.8, 4) is 41.0 Å². The highest BCUT2D eigenvalue weighted by molar-refractivity contribution is 5.88. The van der Waals surface area contributed by atoms with Crippen LogP contribution in [0.1, 0.15) is 21.7 Å². The number of carboxylic acid groups (broad SMARTS) is 1. The molecular weight excluding hydrogens is 462 g/mol. The molecule has 0 saturated heterocycles. The Bertz CT molecular complexity index is 1630. The van der Waals surface area contributed by atoms with E-state index in [2.05, 4.69) is 26.0 Å². The molecule has 0 atom stereocenters. The fraction of sp³-hybridized carbons (Fsp3) is 0.0385. The van der Waals surface area contributed by atoms with E-state index < -0.39 is 5.97 Å². The number of hydrogen-bond donors (Lipinski definition) is 2. The van der Waals surface area contributed by atoms with Crippen LogP contribution >= 0.6 is 0 Å². The molecule has 176 valence electrons. The average molecular weight is 479 g/mol. The summed E-state index contributed by atoms with van der Waals surface area (Å²) in [5.74, 6) is 0.960. The van der Waals surface area contributed by atoms with Crippen molar-refractivity contribution in [1.82, 2.24) is 19.9 Å². The first-order valence-corrected chi connectivity index (χ1v) is 10.7. The maximum atomic E-state index is 11.3. The van der Waals surface area contributed by atoms with Gasteiger partial charge >= 0.3 is 12.0 Å².